The molecule has 0 fully saturated rings. The maximum absolute atomic E-state index is 5.61. The minimum absolute atomic E-state index is 0.688. The van der Waals surface area contributed by atoms with Gasteiger partial charge in [0.15, 0.2) is 0 Å². The van der Waals surface area contributed by atoms with Crippen molar-refractivity contribution in [2.75, 3.05) is 13.2 Å². The fourth-order valence-corrected chi connectivity index (χ4v) is 7.12. The molecule has 2 unspecified atom stereocenters. The zero-order chi connectivity index (χ0) is 37.1. The van der Waals surface area contributed by atoms with Crippen molar-refractivity contribution in [2.45, 2.75) is 98.3 Å². The van der Waals surface area contributed by atoms with Crippen LogP contribution in [-0.4, -0.2) is 13.2 Å². The first-order valence-electron chi connectivity index (χ1n) is 20.1. The van der Waals surface area contributed by atoms with Crippen LogP contribution in [0.2, 0.25) is 0 Å². The van der Waals surface area contributed by atoms with Gasteiger partial charge in [-0.05, 0) is 159 Å². The van der Waals surface area contributed by atoms with Crippen molar-refractivity contribution < 1.29 is 9.47 Å². The fourth-order valence-electron chi connectivity index (χ4n) is 7.12. The molecule has 0 aliphatic heterocycles. The van der Waals surface area contributed by atoms with Crippen molar-refractivity contribution in [3.8, 4) is 35.2 Å². The Morgan fingerprint density at radius 3 is 1.17 bits per heavy atom. The molecule has 2 aliphatic rings. The van der Waals surface area contributed by atoms with Gasteiger partial charge in [-0.1, -0.05) is 107 Å². The van der Waals surface area contributed by atoms with Gasteiger partial charge in [-0.2, -0.15) is 0 Å². The van der Waals surface area contributed by atoms with Crippen LogP contribution in [0.3, 0.4) is 0 Å². The standard InChI is InChI=1S/C26H30O.C25H28O/c1-3-5-21-8-14-24(15-9-21)25-16-10-22(11-17-25)6-7-23-12-18-26(19-13-23)27-20-4-2;1-3-5-20-8-14-23(15-9-20)24-16-10-21(11-17-24)6-7-22-12-18-25(19-13-22)26-4-2/h10-14,16-19,21H,3-5,8-9,15,20H2,1-2H3;10-14,16-20H,3-5,8-9,15H2,1-2H3. The number of benzene rings is 4. The van der Waals surface area contributed by atoms with E-state index in [0.717, 1.165) is 58.6 Å². The third-order valence-electron chi connectivity index (χ3n) is 10.1. The van der Waals surface area contributed by atoms with Gasteiger partial charge < -0.3 is 9.47 Å². The van der Waals surface area contributed by atoms with Crippen LogP contribution in [0.5, 0.6) is 11.5 Å². The molecule has 4 aromatic rings. The average molecular weight is 703 g/mol. The van der Waals surface area contributed by atoms with Gasteiger partial charge in [-0.15, -0.1) is 0 Å². The number of hydrogen-bond donors (Lipinski definition) is 0. The lowest BCUT2D eigenvalue weighted by Crippen LogP contribution is -2.04. The van der Waals surface area contributed by atoms with E-state index in [4.69, 9.17) is 9.47 Å². The van der Waals surface area contributed by atoms with E-state index < -0.39 is 0 Å². The van der Waals surface area contributed by atoms with Crippen LogP contribution in [0.4, 0.5) is 0 Å². The van der Waals surface area contributed by atoms with Crippen LogP contribution in [0.15, 0.2) is 109 Å². The van der Waals surface area contributed by atoms with Crippen LogP contribution in [0, 0.1) is 35.5 Å². The Labute approximate surface area is 320 Å². The third-order valence-corrected chi connectivity index (χ3v) is 10.1. The number of hydrogen-bond acceptors (Lipinski definition) is 2. The van der Waals surface area contributed by atoms with Gasteiger partial charge in [-0.25, -0.2) is 0 Å². The maximum atomic E-state index is 5.61. The molecule has 2 nitrogen and oxygen atoms in total. The first-order valence-corrected chi connectivity index (χ1v) is 20.1. The summed E-state index contributed by atoms with van der Waals surface area (Å²) in [4.78, 5) is 0. The van der Waals surface area contributed by atoms with E-state index in [1.165, 1.54) is 86.5 Å². The Morgan fingerprint density at radius 1 is 0.472 bits per heavy atom. The zero-order valence-corrected chi connectivity index (χ0v) is 32.6. The summed E-state index contributed by atoms with van der Waals surface area (Å²) in [6.45, 7) is 10.1. The normalized spacial score (nSPS) is 16.3. The molecule has 274 valence electrons. The molecule has 2 aliphatic carbocycles. The van der Waals surface area contributed by atoms with Crippen LogP contribution in [0.25, 0.3) is 11.1 Å². The molecule has 0 heterocycles. The van der Waals surface area contributed by atoms with E-state index >= 15 is 0 Å². The highest BCUT2D eigenvalue weighted by Crippen LogP contribution is 2.33. The van der Waals surface area contributed by atoms with Crippen molar-refractivity contribution >= 4 is 11.1 Å². The highest BCUT2D eigenvalue weighted by Gasteiger charge is 2.15. The summed E-state index contributed by atoms with van der Waals surface area (Å²) in [5, 5.41) is 0. The summed E-state index contributed by atoms with van der Waals surface area (Å²) >= 11 is 0. The molecule has 2 atom stereocenters. The first-order chi connectivity index (χ1) is 26.1. The molecule has 0 bridgehead atoms. The molecular formula is C51H58O2. The second-order valence-corrected chi connectivity index (χ2v) is 14.3. The summed E-state index contributed by atoms with van der Waals surface area (Å²) < 4.78 is 11.1. The van der Waals surface area contributed by atoms with Gasteiger partial charge in [0.2, 0.25) is 0 Å². The van der Waals surface area contributed by atoms with E-state index in [1.807, 2.05) is 55.5 Å². The number of rotatable bonds is 11. The molecule has 0 saturated heterocycles. The monoisotopic (exact) mass is 702 g/mol. The zero-order valence-electron chi connectivity index (χ0n) is 32.6. The summed E-state index contributed by atoms with van der Waals surface area (Å²) in [5.74, 6) is 16.6. The van der Waals surface area contributed by atoms with Gasteiger partial charge >= 0.3 is 0 Å². The topological polar surface area (TPSA) is 18.5 Å². The Bertz CT molecular complexity index is 1870. The minimum Gasteiger partial charge on any atom is -0.494 e. The predicted molar refractivity (Wildman–Crippen MR) is 225 cm³/mol. The highest BCUT2D eigenvalue weighted by molar-refractivity contribution is 5.68. The second kappa shape index (κ2) is 21.6. The summed E-state index contributed by atoms with van der Waals surface area (Å²) in [6, 6.07) is 33.4. The molecule has 6 rings (SSSR count). The van der Waals surface area contributed by atoms with E-state index in [2.05, 4.69) is 105 Å². The second-order valence-electron chi connectivity index (χ2n) is 14.3. The van der Waals surface area contributed by atoms with Crippen molar-refractivity contribution in [1.82, 2.24) is 0 Å². The van der Waals surface area contributed by atoms with E-state index in [9.17, 15) is 0 Å². The van der Waals surface area contributed by atoms with E-state index in [1.54, 1.807) is 0 Å². The Morgan fingerprint density at radius 2 is 0.849 bits per heavy atom. The molecule has 0 amide bonds. The first kappa shape index (κ1) is 39.3. The van der Waals surface area contributed by atoms with Crippen molar-refractivity contribution in [3.05, 3.63) is 143 Å². The lowest BCUT2D eigenvalue weighted by atomic mass is 9.84. The number of allylic oxidation sites excluding steroid dienone is 4. The molecule has 53 heavy (non-hydrogen) atoms. The molecule has 0 saturated carbocycles. The smallest absolute Gasteiger partial charge is 0.119 e. The quantitative estimate of drug-likeness (QED) is 0.145. The molecule has 4 aromatic carbocycles. The Balaban J connectivity index is 0.000000204. The largest absolute Gasteiger partial charge is 0.494 e. The maximum Gasteiger partial charge on any atom is 0.119 e. The summed E-state index contributed by atoms with van der Waals surface area (Å²) in [5.41, 5.74) is 9.86. The summed E-state index contributed by atoms with van der Waals surface area (Å²) in [7, 11) is 0. The van der Waals surface area contributed by atoms with Gasteiger partial charge in [0.05, 0.1) is 13.2 Å². The van der Waals surface area contributed by atoms with E-state index in [-0.39, 0.29) is 0 Å². The molecule has 0 spiro atoms. The molecule has 2 heteroatoms. The van der Waals surface area contributed by atoms with Crippen LogP contribution >= 0.6 is 0 Å². The van der Waals surface area contributed by atoms with Gasteiger partial charge in [0.25, 0.3) is 0 Å². The predicted octanol–water partition coefficient (Wildman–Crippen LogP) is 13.3. The molecule has 0 aromatic heterocycles. The van der Waals surface area contributed by atoms with Crippen molar-refractivity contribution in [3.63, 3.8) is 0 Å². The fraction of sp³-hybridized carbons (Fsp3) is 0.373. The van der Waals surface area contributed by atoms with Crippen LogP contribution < -0.4 is 9.47 Å². The van der Waals surface area contributed by atoms with Crippen LogP contribution in [0.1, 0.15) is 132 Å². The lowest BCUT2D eigenvalue weighted by molar-refractivity contribution is 0.317. The third kappa shape index (κ3) is 12.9. The molecule has 0 N–H and O–H groups in total. The summed E-state index contributed by atoms with van der Waals surface area (Å²) in [6.07, 6.45) is 18.8. The molecule has 0 radical (unpaired) electrons. The van der Waals surface area contributed by atoms with Gasteiger partial charge in [0.1, 0.15) is 11.5 Å². The van der Waals surface area contributed by atoms with Gasteiger partial charge in [-0.3, -0.25) is 0 Å². The Kier molecular flexibility index (Phi) is 16.0. The van der Waals surface area contributed by atoms with Gasteiger partial charge in [0, 0.05) is 22.3 Å². The van der Waals surface area contributed by atoms with Crippen LogP contribution in [-0.2, 0) is 0 Å². The molecular weight excluding hydrogens is 645 g/mol. The minimum atomic E-state index is 0.688. The van der Waals surface area contributed by atoms with Crippen molar-refractivity contribution in [1.29, 1.82) is 0 Å². The SMILES string of the molecule is CCCC1CC=C(c2ccc(C#Cc3ccc(OCC)cc3)cc2)CC1.CCCOc1ccc(C#Cc2ccc(C3=CCC(CCC)CC3)cc2)cc1. The Hall–Kier alpha value is -4.92. The number of ether oxygens (including phenoxy) is 2. The lowest BCUT2D eigenvalue weighted by Gasteiger charge is -2.21. The van der Waals surface area contributed by atoms with E-state index in [0.29, 0.717) is 6.61 Å². The highest BCUT2D eigenvalue weighted by atomic mass is 16.5. The average Bonchev–Trinajstić information content (AvgIpc) is 3.21. The van der Waals surface area contributed by atoms with Crippen molar-refractivity contribution in [2.24, 2.45) is 11.8 Å².